The van der Waals surface area contributed by atoms with Crippen LogP contribution >= 0.6 is 0 Å². The van der Waals surface area contributed by atoms with Crippen molar-refractivity contribution in [3.63, 3.8) is 0 Å². The van der Waals surface area contributed by atoms with Crippen LogP contribution in [-0.2, 0) is 5.79 Å². The second-order valence-electron chi connectivity index (χ2n) is 5.62. The van der Waals surface area contributed by atoms with Gasteiger partial charge in [-0.2, -0.15) is 0 Å². The van der Waals surface area contributed by atoms with E-state index in [1.807, 2.05) is 12.1 Å². The van der Waals surface area contributed by atoms with Crippen molar-refractivity contribution in [2.75, 3.05) is 38.1 Å². The van der Waals surface area contributed by atoms with Crippen molar-refractivity contribution < 1.29 is 0 Å². The predicted octanol–water partition coefficient (Wildman–Crippen LogP) is -0.0185. The maximum atomic E-state index is 6.27. The molecule has 1 atom stereocenters. The Bertz CT molecular complexity index is 556. The summed E-state index contributed by atoms with van der Waals surface area (Å²) in [4.78, 5) is 9.02. The van der Waals surface area contributed by atoms with E-state index in [4.69, 9.17) is 11.5 Å². The smallest absolute Gasteiger partial charge is 0.211 e. The van der Waals surface area contributed by atoms with Gasteiger partial charge in [0.1, 0.15) is 5.84 Å². The predicted molar refractivity (Wildman–Crippen MR) is 85.9 cm³/mol. The first kappa shape index (κ1) is 13.9. The van der Waals surface area contributed by atoms with Gasteiger partial charge < -0.3 is 20.9 Å². The molecular formula is C15H22N6. The van der Waals surface area contributed by atoms with Crippen LogP contribution in [0, 0.1) is 0 Å². The zero-order chi connectivity index (χ0) is 14.9. The van der Waals surface area contributed by atoms with Gasteiger partial charge in [-0.25, -0.2) is 4.99 Å². The van der Waals surface area contributed by atoms with E-state index >= 15 is 0 Å². The summed E-state index contributed by atoms with van der Waals surface area (Å²) in [6.45, 7) is 4.29. The topological polar surface area (TPSA) is 82.9 Å². The van der Waals surface area contributed by atoms with Gasteiger partial charge in [-0.3, -0.25) is 5.73 Å². The second-order valence-corrected chi connectivity index (χ2v) is 5.62. The maximum Gasteiger partial charge on any atom is 0.211 e. The number of likely N-dealkylation sites (N-methyl/N-ethyl adjacent to an activating group) is 1. The number of nitrogens with two attached hydrogens (primary N) is 2. The minimum Gasteiger partial charge on any atom is -0.384 e. The summed E-state index contributed by atoms with van der Waals surface area (Å²) in [5, 5.41) is 3.06. The summed E-state index contributed by atoms with van der Waals surface area (Å²) in [5.41, 5.74) is 14.1. The first-order chi connectivity index (χ1) is 10.1. The number of anilines is 1. The highest BCUT2D eigenvalue weighted by atomic mass is 15.3. The van der Waals surface area contributed by atoms with E-state index in [0.29, 0.717) is 5.84 Å². The molecule has 3 rings (SSSR count). The summed E-state index contributed by atoms with van der Waals surface area (Å²) in [6, 6.07) is 8.22. The third-order valence-corrected chi connectivity index (χ3v) is 4.04. The molecule has 0 bridgehead atoms. The Balaban J connectivity index is 1.77. The van der Waals surface area contributed by atoms with Gasteiger partial charge in [-0.15, -0.1) is 0 Å². The number of nitrogens with zero attached hydrogens (tertiary/aromatic N) is 3. The fourth-order valence-electron chi connectivity index (χ4n) is 2.67. The highest BCUT2D eigenvalue weighted by molar-refractivity contribution is 5.92. The third kappa shape index (κ3) is 2.86. The van der Waals surface area contributed by atoms with E-state index in [-0.39, 0.29) is 0 Å². The summed E-state index contributed by atoms with van der Waals surface area (Å²) in [6.07, 6.45) is 3.43. The lowest BCUT2D eigenvalue weighted by molar-refractivity contribution is 0.313. The molecule has 1 fully saturated rings. The summed E-state index contributed by atoms with van der Waals surface area (Å²) in [5.74, 6) is -0.543. The number of aliphatic imine (C=N–C) groups is 1. The van der Waals surface area contributed by atoms with Crippen molar-refractivity contribution in [1.82, 2.24) is 10.2 Å². The van der Waals surface area contributed by atoms with Crippen LogP contribution in [0.25, 0.3) is 0 Å². The Hall–Kier alpha value is -2.05. The number of hydrogen-bond donors (Lipinski definition) is 3. The molecule has 2 aliphatic heterocycles. The zero-order valence-electron chi connectivity index (χ0n) is 12.3. The van der Waals surface area contributed by atoms with E-state index < -0.39 is 5.79 Å². The lowest BCUT2D eigenvalue weighted by Crippen LogP contribution is -2.49. The Morgan fingerprint density at radius 2 is 1.81 bits per heavy atom. The van der Waals surface area contributed by atoms with Gasteiger partial charge in [-0.1, -0.05) is 12.1 Å². The molecule has 1 aromatic carbocycles. The highest BCUT2D eigenvalue weighted by Gasteiger charge is 2.27. The minimum atomic E-state index is -0.973. The fraction of sp³-hybridized carbons (Fsp3) is 0.400. The van der Waals surface area contributed by atoms with Gasteiger partial charge in [0.15, 0.2) is 0 Å². The van der Waals surface area contributed by atoms with E-state index in [0.717, 1.165) is 31.7 Å². The zero-order valence-corrected chi connectivity index (χ0v) is 12.3. The van der Waals surface area contributed by atoms with Gasteiger partial charge in [-0.05, 0) is 25.3 Å². The molecule has 112 valence electrons. The van der Waals surface area contributed by atoms with Crippen molar-refractivity contribution in [3.05, 3.63) is 42.1 Å². The molecule has 0 amide bonds. The first-order valence-corrected chi connectivity index (χ1v) is 7.19. The van der Waals surface area contributed by atoms with Gasteiger partial charge >= 0.3 is 0 Å². The Morgan fingerprint density at radius 3 is 2.43 bits per heavy atom. The van der Waals surface area contributed by atoms with E-state index in [2.05, 4.69) is 39.3 Å². The lowest BCUT2D eigenvalue weighted by Gasteiger charge is -2.34. The van der Waals surface area contributed by atoms with E-state index in [1.54, 1.807) is 12.3 Å². The third-order valence-electron chi connectivity index (χ3n) is 4.04. The van der Waals surface area contributed by atoms with Gasteiger partial charge in [0, 0.05) is 43.6 Å². The molecule has 0 spiro atoms. The molecular weight excluding hydrogens is 264 g/mol. The van der Waals surface area contributed by atoms with Crippen LogP contribution in [0.4, 0.5) is 5.69 Å². The average molecular weight is 286 g/mol. The van der Waals surface area contributed by atoms with Crippen LogP contribution < -0.4 is 21.7 Å². The molecule has 0 aromatic heterocycles. The SMILES string of the molecule is CN1CCN(c2ccc(C3(N)N=C(N)C=CN3)cc2)CC1. The molecule has 0 radical (unpaired) electrons. The number of hydrogen-bond acceptors (Lipinski definition) is 6. The highest BCUT2D eigenvalue weighted by Crippen LogP contribution is 2.23. The molecule has 6 nitrogen and oxygen atoms in total. The van der Waals surface area contributed by atoms with Crippen molar-refractivity contribution in [3.8, 4) is 0 Å². The van der Waals surface area contributed by atoms with E-state index in [9.17, 15) is 0 Å². The minimum absolute atomic E-state index is 0.430. The molecule has 5 N–H and O–H groups in total. The quantitative estimate of drug-likeness (QED) is 0.712. The lowest BCUT2D eigenvalue weighted by atomic mass is 10.1. The van der Waals surface area contributed by atoms with Crippen LogP contribution in [0.3, 0.4) is 0 Å². The summed E-state index contributed by atoms with van der Waals surface area (Å²) >= 11 is 0. The fourth-order valence-corrected chi connectivity index (χ4v) is 2.67. The number of nitrogens with one attached hydrogen (secondary N) is 1. The molecule has 6 heteroatoms. The molecule has 21 heavy (non-hydrogen) atoms. The van der Waals surface area contributed by atoms with Crippen molar-refractivity contribution in [1.29, 1.82) is 0 Å². The average Bonchev–Trinajstić information content (AvgIpc) is 2.48. The van der Waals surface area contributed by atoms with Crippen LogP contribution in [0.2, 0.25) is 0 Å². The largest absolute Gasteiger partial charge is 0.384 e. The maximum absolute atomic E-state index is 6.27. The molecule has 1 saturated heterocycles. The standard InChI is InChI=1S/C15H22N6/c1-20-8-10-21(11-9-20)13-4-2-12(3-5-13)15(17)18-7-6-14(16)19-15/h2-7,18H,8-11,17H2,1H3,(H2,16,19). The molecule has 1 unspecified atom stereocenters. The van der Waals surface area contributed by atoms with Crippen molar-refractivity contribution in [2.24, 2.45) is 16.5 Å². The van der Waals surface area contributed by atoms with Crippen LogP contribution in [-0.4, -0.2) is 44.0 Å². The number of piperazine rings is 1. The number of benzene rings is 1. The van der Waals surface area contributed by atoms with Gasteiger partial charge in [0.2, 0.25) is 5.79 Å². The molecule has 2 heterocycles. The Morgan fingerprint density at radius 1 is 1.14 bits per heavy atom. The van der Waals surface area contributed by atoms with Crippen LogP contribution in [0.15, 0.2) is 41.5 Å². The Kier molecular flexibility index (Phi) is 3.57. The molecule has 0 aliphatic carbocycles. The van der Waals surface area contributed by atoms with E-state index in [1.165, 1.54) is 5.69 Å². The van der Waals surface area contributed by atoms with Crippen LogP contribution in [0.5, 0.6) is 0 Å². The van der Waals surface area contributed by atoms with Crippen molar-refractivity contribution in [2.45, 2.75) is 5.79 Å². The Labute approximate surface area is 125 Å². The summed E-state index contributed by atoms with van der Waals surface area (Å²) in [7, 11) is 2.16. The first-order valence-electron chi connectivity index (χ1n) is 7.19. The number of rotatable bonds is 2. The monoisotopic (exact) mass is 286 g/mol. The van der Waals surface area contributed by atoms with Crippen molar-refractivity contribution >= 4 is 11.5 Å². The second kappa shape index (κ2) is 5.38. The molecule has 1 aromatic rings. The van der Waals surface area contributed by atoms with Gasteiger partial charge in [0.05, 0.1) is 0 Å². The van der Waals surface area contributed by atoms with Crippen LogP contribution in [0.1, 0.15) is 5.56 Å². The normalized spacial score (nSPS) is 26.4. The molecule has 2 aliphatic rings. The molecule has 0 saturated carbocycles. The summed E-state index contributed by atoms with van der Waals surface area (Å²) < 4.78 is 0. The van der Waals surface area contributed by atoms with Gasteiger partial charge in [0.25, 0.3) is 0 Å². The number of amidine groups is 1.